The average molecular weight is 304 g/mol. The first-order valence-corrected chi connectivity index (χ1v) is 6.93. The van der Waals surface area contributed by atoms with E-state index in [2.05, 4.69) is 26.1 Å². The van der Waals surface area contributed by atoms with Crippen molar-refractivity contribution in [3.05, 3.63) is 59.1 Å². The first-order chi connectivity index (χ1) is 10.2. The molecule has 0 aliphatic carbocycles. The van der Waals surface area contributed by atoms with Gasteiger partial charge in [-0.3, -0.25) is 14.8 Å². The van der Waals surface area contributed by atoms with Gasteiger partial charge in [-0.2, -0.15) is 0 Å². The Morgan fingerprint density at radius 3 is 2.81 bits per heavy atom. The zero-order valence-corrected chi connectivity index (χ0v) is 11.8. The van der Waals surface area contributed by atoms with Gasteiger partial charge in [0, 0.05) is 36.1 Å². The van der Waals surface area contributed by atoms with E-state index in [1.165, 1.54) is 6.20 Å². The van der Waals surface area contributed by atoms with Gasteiger partial charge in [-0.15, -0.1) is 0 Å². The molecular weight excluding hydrogens is 290 g/mol. The molecule has 108 valence electrons. The Hall–Kier alpha value is -2.02. The van der Waals surface area contributed by atoms with E-state index >= 15 is 0 Å². The van der Waals surface area contributed by atoms with Gasteiger partial charge in [-0.05, 0) is 29.8 Å². The average Bonchev–Trinajstić information content (AvgIpc) is 2.97. The molecule has 2 aromatic heterocycles. The quantitative estimate of drug-likeness (QED) is 0.799. The number of rotatable bonds is 3. The Bertz CT molecular complexity index is 636. The van der Waals surface area contributed by atoms with E-state index < -0.39 is 0 Å². The highest BCUT2D eigenvalue weighted by Crippen LogP contribution is 2.20. The molecule has 1 amide bonds. The molecule has 3 heterocycles. The normalized spacial score (nSPS) is 21.2. The van der Waals surface area contributed by atoms with Gasteiger partial charge in [0.05, 0.1) is 6.17 Å². The van der Waals surface area contributed by atoms with E-state index in [-0.39, 0.29) is 18.1 Å². The Morgan fingerprint density at radius 1 is 1.24 bits per heavy atom. The number of hydrogen-bond donors (Lipinski definition) is 3. The molecule has 2 aromatic rings. The third-order valence-corrected chi connectivity index (χ3v) is 3.51. The van der Waals surface area contributed by atoms with Crippen LogP contribution in [0, 0.1) is 0 Å². The molecule has 21 heavy (non-hydrogen) atoms. The number of nitrogens with one attached hydrogen (secondary N) is 3. The molecule has 0 aromatic carbocycles. The lowest BCUT2D eigenvalue weighted by Gasteiger charge is -2.11. The van der Waals surface area contributed by atoms with Gasteiger partial charge in [0.2, 0.25) is 0 Å². The van der Waals surface area contributed by atoms with Crippen molar-refractivity contribution >= 4 is 17.5 Å². The molecule has 1 aliphatic rings. The fraction of sp³-hybridized carbons (Fsp3) is 0.214. The molecule has 3 N–H and O–H groups in total. The van der Waals surface area contributed by atoms with E-state index in [9.17, 15) is 4.79 Å². The minimum atomic E-state index is -0.257. The fourth-order valence-electron chi connectivity index (χ4n) is 2.23. The zero-order chi connectivity index (χ0) is 14.7. The van der Waals surface area contributed by atoms with E-state index in [0.29, 0.717) is 10.7 Å². The van der Waals surface area contributed by atoms with Gasteiger partial charge in [0.25, 0.3) is 5.91 Å². The first kappa shape index (κ1) is 13.9. The van der Waals surface area contributed by atoms with E-state index in [1.54, 1.807) is 24.5 Å². The maximum atomic E-state index is 12.1. The summed E-state index contributed by atoms with van der Waals surface area (Å²) in [5.41, 5.74) is 7.63. The first-order valence-electron chi connectivity index (χ1n) is 6.56. The SMILES string of the molecule is O=C(NC1CC(c2ccncc2)NN1)c1cc(Cl)ccn1. The van der Waals surface area contributed by atoms with Crippen molar-refractivity contribution in [3.8, 4) is 0 Å². The highest BCUT2D eigenvalue weighted by molar-refractivity contribution is 6.30. The molecule has 0 radical (unpaired) electrons. The van der Waals surface area contributed by atoms with Gasteiger partial charge in [-0.1, -0.05) is 11.6 Å². The fourth-order valence-corrected chi connectivity index (χ4v) is 2.39. The molecule has 1 saturated heterocycles. The monoisotopic (exact) mass is 303 g/mol. The van der Waals surface area contributed by atoms with Crippen molar-refractivity contribution in [2.24, 2.45) is 0 Å². The maximum absolute atomic E-state index is 12.1. The van der Waals surface area contributed by atoms with Crippen molar-refractivity contribution in [3.63, 3.8) is 0 Å². The number of carbonyl (C=O) groups excluding carboxylic acids is 1. The summed E-state index contributed by atoms with van der Waals surface area (Å²) >= 11 is 5.85. The van der Waals surface area contributed by atoms with Crippen molar-refractivity contribution in [2.75, 3.05) is 0 Å². The van der Waals surface area contributed by atoms with Gasteiger partial charge < -0.3 is 5.32 Å². The van der Waals surface area contributed by atoms with Crippen LogP contribution >= 0.6 is 11.6 Å². The summed E-state index contributed by atoms with van der Waals surface area (Å²) in [5.74, 6) is -0.257. The molecule has 3 rings (SSSR count). The minimum Gasteiger partial charge on any atom is -0.334 e. The van der Waals surface area contributed by atoms with Crippen LogP contribution < -0.4 is 16.2 Å². The van der Waals surface area contributed by atoms with Crippen LogP contribution in [-0.4, -0.2) is 22.0 Å². The van der Waals surface area contributed by atoms with Crippen molar-refractivity contribution in [2.45, 2.75) is 18.6 Å². The lowest BCUT2D eigenvalue weighted by atomic mass is 10.1. The Labute approximate surface area is 126 Å². The minimum absolute atomic E-state index is 0.130. The second-order valence-corrected chi connectivity index (χ2v) is 5.18. The van der Waals surface area contributed by atoms with Crippen LogP contribution in [0.5, 0.6) is 0 Å². The second-order valence-electron chi connectivity index (χ2n) is 4.74. The summed E-state index contributed by atoms with van der Waals surface area (Å²) in [5, 5.41) is 3.36. The standard InChI is InChI=1S/C14H14ClN5O/c15-10-3-6-17-12(7-10)14(21)18-13-8-11(19-20-13)9-1-4-16-5-2-9/h1-7,11,13,19-20H,8H2,(H,18,21). The Kier molecular flexibility index (Phi) is 4.10. The van der Waals surface area contributed by atoms with Crippen LogP contribution in [0.2, 0.25) is 5.02 Å². The molecule has 6 nitrogen and oxygen atoms in total. The smallest absolute Gasteiger partial charge is 0.271 e. The van der Waals surface area contributed by atoms with Crippen LogP contribution in [0.4, 0.5) is 0 Å². The summed E-state index contributed by atoms with van der Waals surface area (Å²) in [4.78, 5) is 20.1. The summed E-state index contributed by atoms with van der Waals surface area (Å²) in [7, 11) is 0. The third kappa shape index (κ3) is 3.36. The second kappa shape index (κ2) is 6.17. The number of nitrogens with zero attached hydrogens (tertiary/aromatic N) is 2. The van der Waals surface area contributed by atoms with Crippen molar-refractivity contribution in [1.82, 2.24) is 26.1 Å². The van der Waals surface area contributed by atoms with Gasteiger partial charge in [-0.25, -0.2) is 10.9 Å². The Balaban J connectivity index is 1.61. The third-order valence-electron chi connectivity index (χ3n) is 3.27. The summed E-state index contributed by atoms with van der Waals surface area (Å²) in [6.07, 6.45) is 5.57. The van der Waals surface area contributed by atoms with Crippen LogP contribution in [0.3, 0.4) is 0 Å². The highest BCUT2D eigenvalue weighted by Gasteiger charge is 2.26. The van der Waals surface area contributed by atoms with Crippen LogP contribution in [0.25, 0.3) is 0 Å². The predicted molar refractivity (Wildman–Crippen MR) is 78.4 cm³/mol. The van der Waals surface area contributed by atoms with Crippen LogP contribution in [0.1, 0.15) is 28.5 Å². The predicted octanol–water partition coefficient (Wildman–Crippen LogP) is 1.43. The van der Waals surface area contributed by atoms with Gasteiger partial charge in [0.15, 0.2) is 0 Å². The molecule has 2 unspecified atom stereocenters. The highest BCUT2D eigenvalue weighted by atomic mass is 35.5. The molecule has 1 aliphatic heterocycles. The van der Waals surface area contributed by atoms with Gasteiger partial charge >= 0.3 is 0 Å². The number of amides is 1. The van der Waals surface area contributed by atoms with Gasteiger partial charge in [0.1, 0.15) is 5.69 Å². The molecule has 0 saturated carbocycles. The maximum Gasteiger partial charge on any atom is 0.271 e. The van der Waals surface area contributed by atoms with E-state index in [0.717, 1.165) is 12.0 Å². The van der Waals surface area contributed by atoms with Crippen LogP contribution in [0.15, 0.2) is 42.9 Å². The largest absolute Gasteiger partial charge is 0.334 e. The van der Waals surface area contributed by atoms with E-state index in [4.69, 9.17) is 11.6 Å². The number of carbonyl (C=O) groups is 1. The molecule has 0 bridgehead atoms. The summed E-state index contributed by atoms with van der Waals surface area (Å²) in [6.45, 7) is 0. The molecular formula is C14H14ClN5O. The number of halogens is 1. The molecule has 0 spiro atoms. The molecule has 1 fully saturated rings. The lowest BCUT2D eigenvalue weighted by Crippen LogP contribution is -2.44. The number of aromatic nitrogens is 2. The lowest BCUT2D eigenvalue weighted by molar-refractivity contribution is 0.0927. The number of pyridine rings is 2. The topological polar surface area (TPSA) is 78.9 Å². The van der Waals surface area contributed by atoms with Crippen molar-refractivity contribution < 1.29 is 4.79 Å². The summed E-state index contributed by atoms with van der Waals surface area (Å²) in [6, 6.07) is 7.20. The molecule has 2 atom stereocenters. The van der Waals surface area contributed by atoms with Crippen LogP contribution in [-0.2, 0) is 0 Å². The molecule has 7 heteroatoms. The van der Waals surface area contributed by atoms with Crippen molar-refractivity contribution in [1.29, 1.82) is 0 Å². The number of hydrogen-bond acceptors (Lipinski definition) is 5. The number of hydrazine groups is 1. The zero-order valence-electron chi connectivity index (χ0n) is 11.1. The Morgan fingerprint density at radius 2 is 2.05 bits per heavy atom. The summed E-state index contributed by atoms with van der Waals surface area (Å²) < 4.78 is 0. The van der Waals surface area contributed by atoms with E-state index in [1.807, 2.05) is 12.1 Å².